The summed E-state index contributed by atoms with van der Waals surface area (Å²) in [6.45, 7) is 2.03. The Labute approximate surface area is 159 Å². The van der Waals surface area contributed by atoms with E-state index in [0.717, 1.165) is 16.8 Å². The van der Waals surface area contributed by atoms with E-state index < -0.39 is 0 Å². The van der Waals surface area contributed by atoms with E-state index in [1.807, 2.05) is 79.7 Å². The van der Waals surface area contributed by atoms with Crippen molar-refractivity contribution in [3.8, 4) is 0 Å². The highest BCUT2D eigenvalue weighted by atomic mass is 16.1. The van der Waals surface area contributed by atoms with Crippen molar-refractivity contribution in [3.05, 3.63) is 102 Å². The van der Waals surface area contributed by atoms with Gasteiger partial charge in [-0.1, -0.05) is 66.2 Å². The minimum absolute atomic E-state index is 0.203. The van der Waals surface area contributed by atoms with Crippen molar-refractivity contribution in [1.82, 2.24) is 0 Å². The van der Waals surface area contributed by atoms with E-state index in [4.69, 9.17) is 5.41 Å². The number of amidine groups is 1. The predicted molar refractivity (Wildman–Crippen MR) is 112 cm³/mol. The molecule has 3 aromatic carbocycles. The maximum Gasteiger partial charge on any atom is 0.248 e. The first kappa shape index (κ1) is 18.1. The number of rotatable bonds is 5. The standard InChI is InChI=1S/C23H21N3O/c1-17-10-12-18(13-11-17)14-15-22(27)25-20-8-5-9-21(16-20)26-23(24)19-6-3-2-4-7-19/h2-16H,1H3,(H2,24,26)(H,25,27)/b15-14+. The van der Waals surface area contributed by atoms with E-state index >= 15 is 0 Å². The molecule has 0 atom stereocenters. The molecule has 4 heteroatoms. The number of nitrogens with one attached hydrogen (secondary N) is 3. The zero-order valence-electron chi connectivity index (χ0n) is 15.1. The SMILES string of the molecule is Cc1ccc(/C=C/C(=O)Nc2cccc(NC(=N)c3ccccc3)c2)cc1. The van der Waals surface area contributed by atoms with Gasteiger partial charge in [0.1, 0.15) is 5.84 Å². The van der Waals surface area contributed by atoms with E-state index in [2.05, 4.69) is 10.6 Å². The quantitative estimate of drug-likeness (QED) is 0.339. The van der Waals surface area contributed by atoms with Gasteiger partial charge in [0.2, 0.25) is 5.91 Å². The fourth-order valence-electron chi connectivity index (χ4n) is 2.53. The molecule has 0 fully saturated rings. The molecule has 134 valence electrons. The molecule has 0 saturated carbocycles. The van der Waals surface area contributed by atoms with E-state index in [1.54, 1.807) is 12.1 Å². The van der Waals surface area contributed by atoms with E-state index in [1.165, 1.54) is 11.6 Å². The first-order valence-electron chi connectivity index (χ1n) is 8.67. The summed E-state index contributed by atoms with van der Waals surface area (Å²) >= 11 is 0. The van der Waals surface area contributed by atoms with Gasteiger partial charge in [-0.25, -0.2) is 0 Å². The summed E-state index contributed by atoms with van der Waals surface area (Å²) in [7, 11) is 0. The van der Waals surface area contributed by atoms with Crippen LogP contribution >= 0.6 is 0 Å². The molecule has 0 heterocycles. The van der Waals surface area contributed by atoms with Gasteiger partial charge in [0.05, 0.1) is 0 Å². The summed E-state index contributed by atoms with van der Waals surface area (Å²) in [5.41, 5.74) is 4.36. The second kappa shape index (κ2) is 8.63. The molecule has 0 bridgehead atoms. The molecule has 0 radical (unpaired) electrons. The molecule has 0 aliphatic rings. The summed E-state index contributed by atoms with van der Waals surface area (Å²) < 4.78 is 0. The molecule has 4 nitrogen and oxygen atoms in total. The largest absolute Gasteiger partial charge is 0.340 e. The Morgan fingerprint density at radius 1 is 0.852 bits per heavy atom. The smallest absolute Gasteiger partial charge is 0.248 e. The predicted octanol–water partition coefficient (Wildman–Crippen LogP) is 5.08. The van der Waals surface area contributed by atoms with Gasteiger partial charge >= 0.3 is 0 Å². The van der Waals surface area contributed by atoms with Crippen LogP contribution in [0.15, 0.2) is 84.9 Å². The normalized spacial score (nSPS) is 10.6. The molecule has 1 amide bonds. The van der Waals surface area contributed by atoms with Crippen molar-refractivity contribution < 1.29 is 4.79 Å². The maximum atomic E-state index is 12.1. The Hall–Kier alpha value is -3.66. The topological polar surface area (TPSA) is 65.0 Å². The number of aryl methyl sites for hydroxylation is 1. The van der Waals surface area contributed by atoms with Crippen molar-refractivity contribution in [2.75, 3.05) is 10.6 Å². The molecule has 0 aliphatic carbocycles. The molecule has 0 unspecified atom stereocenters. The Bertz CT molecular complexity index is 960. The molecule has 0 saturated heterocycles. The fraction of sp³-hybridized carbons (Fsp3) is 0.0435. The van der Waals surface area contributed by atoms with Crippen molar-refractivity contribution >= 4 is 29.2 Å². The third-order valence-corrected chi connectivity index (χ3v) is 3.97. The summed E-state index contributed by atoms with van der Waals surface area (Å²) in [5.74, 6) is 0.101. The van der Waals surface area contributed by atoms with Crippen molar-refractivity contribution in [2.24, 2.45) is 0 Å². The Balaban J connectivity index is 1.62. The summed E-state index contributed by atoms with van der Waals surface area (Å²) in [5, 5.41) is 14.0. The molecule has 3 N–H and O–H groups in total. The lowest BCUT2D eigenvalue weighted by Crippen LogP contribution is -2.12. The zero-order valence-corrected chi connectivity index (χ0v) is 15.1. The van der Waals surface area contributed by atoms with Crippen LogP contribution < -0.4 is 10.6 Å². The van der Waals surface area contributed by atoms with Crippen LogP contribution in [0.5, 0.6) is 0 Å². The molecule has 0 aliphatic heterocycles. The van der Waals surface area contributed by atoms with E-state index in [-0.39, 0.29) is 5.91 Å². The molecule has 3 aromatic rings. The average molecular weight is 355 g/mol. The lowest BCUT2D eigenvalue weighted by atomic mass is 10.1. The van der Waals surface area contributed by atoms with Crippen molar-refractivity contribution in [3.63, 3.8) is 0 Å². The molecule has 3 rings (SSSR count). The van der Waals surface area contributed by atoms with Gasteiger partial charge in [-0.05, 0) is 36.8 Å². The first-order chi connectivity index (χ1) is 13.1. The average Bonchev–Trinajstić information content (AvgIpc) is 2.68. The number of anilines is 2. The van der Waals surface area contributed by atoms with Gasteiger partial charge in [0.15, 0.2) is 0 Å². The molecule has 27 heavy (non-hydrogen) atoms. The van der Waals surface area contributed by atoms with Gasteiger partial charge in [-0.3, -0.25) is 10.2 Å². The maximum absolute atomic E-state index is 12.1. The second-order valence-electron chi connectivity index (χ2n) is 6.18. The van der Waals surface area contributed by atoms with Crippen LogP contribution in [0.25, 0.3) is 6.08 Å². The fourth-order valence-corrected chi connectivity index (χ4v) is 2.53. The highest BCUT2D eigenvalue weighted by Crippen LogP contribution is 2.16. The number of carbonyl (C=O) groups excluding carboxylic acids is 1. The van der Waals surface area contributed by atoms with Crippen LogP contribution in [0.4, 0.5) is 11.4 Å². The minimum atomic E-state index is -0.203. The first-order valence-corrected chi connectivity index (χ1v) is 8.67. The zero-order chi connectivity index (χ0) is 19.1. The lowest BCUT2D eigenvalue weighted by molar-refractivity contribution is -0.111. The second-order valence-corrected chi connectivity index (χ2v) is 6.18. The Morgan fingerprint density at radius 2 is 1.52 bits per heavy atom. The Kier molecular flexibility index (Phi) is 5.80. The van der Waals surface area contributed by atoms with Crippen LogP contribution in [0.2, 0.25) is 0 Å². The van der Waals surface area contributed by atoms with Crippen LogP contribution in [0.1, 0.15) is 16.7 Å². The van der Waals surface area contributed by atoms with Crippen LogP contribution in [-0.4, -0.2) is 11.7 Å². The van der Waals surface area contributed by atoms with E-state index in [9.17, 15) is 4.79 Å². The monoisotopic (exact) mass is 355 g/mol. The molecule has 0 spiro atoms. The lowest BCUT2D eigenvalue weighted by Gasteiger charge is -2.10. The van der Waals surface area contributed by atoms with Crippen LogP contribution in [0.3, 0.4) is 0 Å². The molecular formula is C23H21N3O. The Morgan fingerprint density at radius 3 is 2.22 bits per heavy atom. The van der Waals surface area contributed by atoms with Gasteiger partial charge in [-0.15, -0.1) is 0 Å². The van der Waals surface area contributed by atoms with Crippen LogP contribution in [-0.2, 0) is 4.79 Å². The van der Waals surface area contributed by atoms with Gasteiger partial charge in [0.25, 0.3) is 0 Å². The number of benzene rings is 3. The minimum Gasteiger partial charge on any atom is -0.340 e. The van der Waals surface area contributed by atoms with Gasteiger partial charge in [0, 0.05) is 23.0 Å². The third-order valence-electron chi connectivity index (χ3n) is 3.97. The molecular weight excluding hydrogens is 334 g/mol. The van der Waals surface area contributed by atoms with Gasteiger partial charge in [-0.2, -0.15) is 0 Å². The van der Waals surface area contributed by atoms with E-state index in [0.29, 0.717) is 11.5 Å². The number of carbonyl (C=O) groups is 1. The number of amides is 1. The van der Waals surface area contributed by atoms with Crippen LogP contribution in [0, 0.1) is 12.3 Å². The summed E-state index contributed by atoms with van der Waals surface area (Å²) in [6.07, 6.45) is 3.29. The highest BCUT2D eigenvalue weighted by molar-refractivity contribution is 6.07. The molecule has 0 aromatic heterocycles. The van der Waals surface area contributed by atoms with Crippen molar-refractivity contribution in [2.45, 2.75) is 6.92 Å². The third kappa shape index (κ3) is 5.41. The summed E-state index contributed by atoms with van der Waals surface area (Å²) in [6, 6.07) is 24.7. The highest BCUT2D eigenvalue weighted by Gasteiger charge is 2.03. The number of hydrogen-bond donors (Lipinski definition) is 3. The van der Waals surface area contributed by atoms with Gasteiger partial charge < -0.3 is 10.6 Å². The number of hydrogen-bond acceptors (Lipinski definition) is 2. The van der Waals surface area contributed by atoms with Crippen molar-refractivity contribution in [1.29, 1.82) is 5.41 Å². The summed E-state index contributed by atoms with van der Waals surface area (Å²) in [4.78, 5) is 12.1.